The van der Waals surface area contributed by atoms with Gasteiger partial charge in [0.2, 0.25) is 5.91 Å². The van der Waals surface area contributed by atoms with Crippen LogP contribution >= 0.6 is 0 Å². The van der Waals surface area contributed by atoms with E-state index in [0.29, 0.717) is 12.5 Å². The summed E-state index contributed by atoms with van der Waals surface area (Å²) in [6, 6.07) is 8.43. The molecule has 2 rings (SSSR count). The third kappa shape index (κ3) is 4.56. The number of methoxy groups -OCH3 is 1. The molecule has 0 radical (unpaired) electrons. The van der Waals surface area contributed by atoms with Gasteiger partial charge in [-0.05, 0) is 43.5 Å². The summed E-state index contributed by atoms with van der Waals surface area (Å²) in [7, 11) is 1.68. The highest BCUT2D eigenvalue weighted by atomic mass is 16.5. The fourth-order valence-corrected chi connectivity index (χ4v) is 2.40. The smallest absolute Gasteiger partial charge is 0.221 e. The normalized spacial score (nSPS) is 19.6. The van der Waals surface area contributed by atoms with Crippen LogP contribution in [0.25, 0.3) is 0 Å². The van der Waals surface area contributed by atoms with Gasteiger partial charge in [-0.2, -0.15) is 0 Å². The number of amides is 1. The lowest BCUT2D eigenvalue weighted by Crippen LogP contribution is -2.33. The first-order chi connectivity index (χ1) is 9.28. The number of carbonyl (C=O) groups is 1. The number of hydrogen-bond acceptors (Lipinski definition) is 3. The van der Waals surface area contributed by atoms with Crippen molar-refractivity contribution in [1.82, 2.24) is 10.6 Å². The number of carbonyl (C=O) groups excluding carboxylic acids is 1. The lowest BCUT2D eigenvalue weighted by molar-refractivity contribution is -0.121. The van der Waals surface area contributed by atoms with E-state index in [1.165, 1.54) is 5.56 Å². The topological polar surface area (TPSA) is 50.4 Å². The van der Waals surface area contributed by atoms with Gasteiger partial charge in [-0.25, -0.2) is 0 Å². The molecule has 0 spiro atoms. The molecule has 19 heavy (non-hydrogen) atoms. The number of ether oxygens (including phenoxy) is 1. The van der Waals surface area contributed by atoms with Crippen molar-refractivity contribution in [2.75, 3.05) is 20.2 Å². The summed E-state index contributed by atoms with van der Waals surface area (Å²) in [5, 5.41) is 6.38. The Morgan fingerprint density at radius 3 is 3.21 bits per heavy atom. The van der Waals surface area contributed by atoms with Crippen LogP contribution in [0.4, 0.5) is 0 Å². The summed E-state index contributed by atoms with van der Waals surface area (Å²) < 4.78 is 5.21. The lowest BCUT2D eigenvalue weighted by atomic mass is 10.1. The van der Waals surface area contributed by atoms with Gasteiger partial charge in [-0.15, -0.1) is 0 Å². The van der Waals surface area contributed by atoms with Gasteiger partial charge >= 0.3 is 0 Å². The van der Waals surface area contributed by atoms with E-state index >= 15 is 0 Å². The Bertz CT molecular complexity index is 420. The van der Waals surface area contributed by atoms with Crippen LogP contribution in [0.3, 0.4) is 0 Å². The van der Waals surface area contributed by atoms with Crippen molar-refractivity contribution in [2.45, 2.75) is 31.7 Å². The third-order valence-electron chi connectivity index (χ3n) is 3.46. The van der Waals surface area contributed by atoms with Crippen LogP contribution in [0.15, 0.2) is 24.3 Å². The SMILES string of the molecule is COc1cccc(CCNC2CCCNC(=O)C2)c1. The van der Waals surface area contributed by atoms with Crippen molar-refractivity contribution in [2.24, 2.45) is 0 Å². The van der Waals surface area contributed by atoms with Crippen molar-refractivity contribution in [1.29, 1.82) is 0 Å². The molecule has 4 nitrogen and oxygen atoms in total. The minimum Gasteiger partial charge on any atom is -0.497 e. The molecule has 4 heteroatoms. The van der Waals surface area contributed by atoms with Gasteiger partial charge in [0.05, 0.1) is 7.11 Å². The molecular weight excluding hydrogens is 240 g/mol. The predicted octanol–water partition coefficient (Wildman–Crippen LogP) is 1.50. The average Bonchev–Trinajstić information content (AvgIpc) is 2.63. The van der Waals surface area contributed by atoms with E-state index in [-0.39, 0.29) is 5.91 Å². The fourth-order valence-electron chi connectivity index (χ4n) is 2.40. The summed E-state index contributed by atoms with van der Waals surface area (Å²) >= 11 is 0. The van der Waals surface area contributed by atoms with Crippen LogP contribution in [-0.4, -0.2) is 32.1 Å². The molecule has 2 N–H and O–H groups in total. The minimum atomic E-state index is 0.163. The summed E-state index contributed by atoms with van der Waals surface area (Å²) in [6.07, 6.45) is 3.67. The molecule has 0 saturated carbocycles. The Morgan fingerprint density at radius 2 is 2.37 bits per heavy atom. The molecule has 1 aromatic carbocycles. The van der Waals surface area contributed by atoms with Crippen LogP contribution in [0, 0.1) is 0 Å². The van der Waals surface area contributed by atoms with E-state index in [1.54, 1.807) is 7.11 Å². The second-order valence-corrected chi connectivity index (χ2v) is 4.95. The molecular formula is C15H22N2O2. The second kappa shape index (κ2) is 7.14. The molecule has 1 heterocycles. The summed E-state index contributed by atoms with van der Waals surface area (Å²) in [5.41, 5.74) is 1.25. The van der Waals surface area contributed by atoms with E-state index in [2.05, 4.69) is 22.8 Å². The Hall–Kier alpha value is -1.55. The number of rotatable bonds is 5. The Balaban J connectivity index is 1.77. The molecule has 1 aliphatic rings. The van der Waals surface area contributed by atoms with Crippen molar-refractivity contribution in [3.63, 3.8) is 0 Å². The van der Waals surface area contributed by atoms with Crippen LogP contribution < -0.4 is 15.4 Å². The maximum absolute atomic E-state index is 11.4. The molecule has 0 aliphatic carbocycles. The van der Waals surface area contributed by atoms with Crippen molar-refractivity contribution in [3.8, 4) is 5.75 Å². The summed E-state index contributed by atoms with van der Waals surface area (Å²) in [4.78, 5) is 11.4. The number of nitrogens with one attached hydrogen (secondary N) is 2. The highest BCUT2D eigenvalue weighted by molar-refractivity contribution is 5.76. The summed E-state index contributed by atoms with van der Waals surface area (Å²) in [6.45, 7) is 1.71. The largest absolute Gasteiger partial charge is 0.497 e. The Morgan fingerprint density at radius 1 is 1.47 bits per heavy atom. The van der Waals surface area contributed by atoms with Gasteiger partial charge in [0, 0.05) is 19.0 Å². The predicted molar refractivity (Wildman–Crippen MR) is 75.3 cm³/mol. The maximum atomic E-state index is 11.4. The first kappa shape index (κ1) is 13.9. The van der Waals surface area contributed by atoms with Crippen molar-refractivity contribution in [3.05, 3.63) is 29.8 Å². The standard InChI is InChI=1S/C15H22N2O2/c1-19-14-6-2-4-12(10-14)7-9-16-13-5-3-8-17-15(18)11-13/h2,4,6,10,13,16H,3,5,7-9,11H2,1H3,(H,17,18). The Kier molecular flexibility index (Phi) is 5.21. The third-order valence-corrected chi connectivity index (χ3v) is 3.46. The molecule has 104 valence electrons. The molecule has 1 saturated heterocycles. The maximum Gasteiger partial charge on any atom is 0.221 e. The second-order valence-electron chi connectivity index (χ2n) is 4.95. The van der Waals surface area contributed by atoms with Gasteiger partial charge in [-0.1, -0.05) is 12.1 Å². The molecule has 1 aliphatic heterocycles. The molecule has 1 aromatic rings. The van der Waals surface area contributed by atoms with Gasteiger partial charge in [0.25, 0.3) is 0 Å². The van der Waals surface area contributed by atoms with Crippen LogP contribution in [0.5, 0.6) is 5.75 Å². The highest BCUT2D eigenvalue weighted by Gasteiger charge is 2.16. The first-order valence-corrected chi connectivity index (χ1v) is 6.91. The fraction of sp³-hybridized carbons (Fsp3) is 0.533. The molecule has 1 fully saturated rings. The zero-order valence-corrected chi connectivity index (χ0v) is 11.4. The number of hydrogen-bond donors (Lipinski definition) is 2. The van der Waals surface area contributed by atoms with Gasteiger partial charge < -0.3 is 15.4 Å². The number of benzene rings is 1. The van der Waals surface area contributed by atoms with Crippen LogP contribution in [0.2, 0.25) is 0 Å². The highest BCUT2D eigenvalue weighted by Crippen LogP contribution is 2.13. The monoisotopic (exact) mass is 262 g/mol. The Labute approximate surface area is 114 Å². The molecule has 0 bridgehead atoms. The van der Waals surface area contributed by atoms with Crippen molar-refractivity contribution < 1.29 is 9.53 Å². The van der Waals surface area contributed by atoms with Gasteiger partial charge in [0.15, 0.2) is 0 Å². The van der Waals surface area contributed by atoms with E-state index in [9.17, 15) is 4.79 Å². The van der Waals surface area contributed by atoms with E-state index in [0.717, 1.165) is 38.1 Å². The van der Waals surface area contributed by atoms with Gasteiger partial charge in [-0.3, -0.25) is 4.79 Å². The quantitative estimate of drug-likeness (QED) is 0.845. The molecule has 1 unspecified atom stereocenters. The van der Waals surface area contributed by atoms with E-state index in [4.69, 9.17) is 4.74 Å². The zero-order valence-electron chi connectivity index (χ0n) is 11.4. The van der Waals surface area contributed by atoms with Crippen molar-refractivity contribution >= 4 is 5.91 Å². The van der Waals surface area contributed by atoms with Crippen LogP contribution in [-0.2, 0) is 11.2 Å². The average molecular weight is 262 g/mol. The molecule has 0 aromatic heterocycles. The summed E-state index contributed by atoms with van der Waals surface area (Å²) in [5.74, 6) is 1.06. The van der Waals surface area contributed by atoms with Crippen LogP contribution in [0.1, 0.15) is 24.8 Å². The van der Waals surface area contributed by atoms with E-state index in [1.807, 2.05) is 12.1 Å². The van der Waals surface area contributed by atoms with Gasteiger partial charge in [0.1, 0.15) is 5.75 Å². The lowest BCUT2D eigenvalue weighted by Gasteiger charge is -2.15. The zero-order chi connectivity index (χ0) is 13.5. The molecule has 1 amide bonds. The minimum absolute atomic E-state index is 0.163. The first-order valence-electron chi connectivity index (χ1n) is 6.91. The van der Waals surface area contributed by atoms with E-state index < -0.39 is 0 Å². The molecule has 1 atom stereocenters.